The van der Waals surface area contributed by atoms with Crippen LogP contribution in [0.2, 0.25) is 0 Å². The van der Waals surface area contributed by atoms with Gasteiger partial charge in [-0.3, -0.25) is 0 Å². The Bertz CT molecular complexity index is 880. The molecule has 0 aliphatic rings. The van der Waals surface area contributed by atoms with Crippen molar-refractivity contribution in [3.05, 3.63) is 0 Å². The molecule has 0 aromatic rings. The molecular weight excluding hydrogens is 530 g/mol. The lowest BCUT2D eigenvalue weighted by Gasteiger charge is -2.11. The van der Waals surface area contributed by atoms with Gasteiger partial charge in [0.2, 0.25) is 0 Å². The van der Waals surface area contributed by atoms with Crippen molar-refractivity contribution in [2.24, 2.45) is 0 Å². The highest BCUT2D eigenvalue weighted by atomic mass is 32.2. The Labute approximate surface area is 210 Å². The number of carbonyl (C=O) groups is 3. The van der Waals surface area contributed by atoms with Crippen LogP contribution < -0.4 is 24.2 Å². The predicted molar refractivity (Wildman–Crippen MR) is 124 cm³/mol. The van der Waals surface area contributed by atoms with Gasteiger partial charge < -0.3 is 29.0 Å². The van der Waals surface area contributed by atoms with Gasteiger partial charge in [0, 0.05) is 19.1 Å². The molecule has 5 N–H and O–H groups in total. The first-order valence-electron chi connectivity index (χ1n) is 10.7. The van der Waals surface area contributed by atoms with E-state index in [-0.39, 0.29) is 58.8 Å². The second kappa shape index (κ2) is 17.9. The zero-order valence-electron chi connectivity index (χ0n) is 20.5. The van der Waals surface area contributed by atoms with E-state index in [0.29, 0.717) is 0 Å². The first kappa shape index (κ1) is 33.5. The molecule has 212 valence electrons. The van der Waals surface area contributed by atoms with Crippen LogP contribution in [0.15, 0.2) is 0 Å². The summed E-state index contributed by atoms with van der Waals surface area (Å²) in [5.41, 5.74) is 0. The van der Waals surface area contributed by atoms with Crippen molar-refractivity contribution >= 4 is 38.7 Å². The maximum absolute atomic E-state index is 11.7. The van der Waals surface area contributed by atoms with E-state index < -0.39 is 44.8 Å². The standard InChI is InChI=1S/C17H35N5O12S2/c1-13(2)20-15(23)32-11-9-30-7-5-18-35(26,27)21-16(24)33-12-10-31-8-6-19-36(28,29)22-17(25)34-14(3)4/h13-14,18-19H,5-12H2,1-4H3,(H,20,23)(H,21,24)(H,22,25). The molecule has 0 spiro atoms. The molecule has 0 unspecified atom stereocenters. The summed E-state index contributed by atoms with van der Waals surface area (Å²) in [4.78, 5) is 34.0. The van der Waals surface area contributed by atoms with Gasteiger partial charge in [0.05, 0.1) is 32.5 Å². The Hall–Kier alpha value is -2.45. The SMILES string of the molecule is CC(C)NC(=O)OCCOCCNS(=O)(=O)NC(=O)OCCOCCNS(=O)(=O)NC(=O)OC(C)C. The summed E-state index contributed by atoms with van der Waals surface area (Å²) in [5.74, 6) is 0. The lowest BCUT2D eigenvalue weighted by Crippen LogP contribution is -2.42. The van der Waals surface area contributed by atoms with Gasteiger partial charge in [-0.1, -0.05) is 0 Å². The Morgan fingerprint density at radius 1 is 0.639 bits per heavy atom. The fourth-order valence-electron chi connectivity index (χ4n) is 1.92. The van der Waals surface area contributed by atoms with Crippen LogP contribution in [0, 0.1) is 0 Å². The Morgan fingerprint density at radius 3 is 1.53 bits per heavy atom. The predicted octanol–water partition coefficient (Wildman–Crippen LogP) is -1.32. The van der Waals surface area contributed by atoms with Gasteiger partial charge in [-0.2, -0.15) is 26.3 Å². The van der Waals surface area contributed by atoms with Crippen LogP contribution >= 0.6 is 0 Å². The lowest BCUT2D eigenvalue weighted by atomic mass is 10.4. The second-order valence-corrected chi connectivity index (χ2v) is 10.2. The van der Waals surface area contributed by atoms with Crippen molar-refractivity contribution in [3.8, 4) is 0 Å². The van der Waals surface area contributed by atoms with E-state index in [1.54, 1.807) is 37.1 Å². The van der Waals surface area contributed by atoms with Crippen molar-refractivity contribution in [1.82, 2.24) is 24.2 Å². The summed E-state index contributed by atoms with van der Waals surface area (Å²) in [6.45, 7) is 5.66. The van der Waals surface area contributed by atoms with Crippen LogP contribution in [-0.4, -0.2) is 100.0 Å². The molecule has 19 heteroatoms. The molecule has 17 nitrogen and oxygen atoms in total. The minimum absolute atomic E-state index is 0.0202. The summed E-state index contributed by atoms with van der Waals surface area (Å²) < 4.78 is 78.2. The maximum atomic E-state index is 11.7. The van der Waals surface area contributed by atoms with Crippen LogP contribution in [0.5, 0.6) is 0 Å². The van der Waals surface area contributed by atoms with Gasteiger partial charge in [0.15, 0.2) is 0 Å². The number of hydrogen-bond acceptors (Lipinski definition) is 12. The van der Waals surface area contributed by atoms with Crippen LogP contribution in [-0.2, 0) is 44.1 Å². The number of hydrogen-bond donors (Lipinski definition) is 5. The third kappa shape index (κ3) is 20.9. The summed E-state index contributed by atoms with van der Waals surface area (Å²) in [6.07, 6.45) is -3.48. The highest BCUT2D eigenvalue weighted by Crippen LogP contribution is 1.90. The Balaban J connectivity index is 3.84. The third-order valence-electron chi connectivity index (χ3n) is 3.18. The topological polar surface area (TPSA) is 226 Å². The van der Waals surface area contributed by atoms with Crippen molar-refractivity contribution in [1.29, 1.82) is 0 Å². The Kier molecular flexibility index (Phi) is 16.7. The summed E-state index contributed by atoms with van der Waals surface area (Å²) in [7, 11) is -8.33. The molecule has 3 amide bonds. The molecule has 0 saturated heterocycles. The molecule has 0 radical (unpaired) electrons. The van der Waals surface area contributed by atoms with Gasteiger partial charge in [-0.05, 0) is 27.7 Å². The van der Waals surface area contributed by atoms with Crippen molar-refractivity contribution in [3.63, 3.8) is 0 Å². The highest BCUT2D eigenvalue weighted by Gasteiger charge is 2.16. The van der Waals surface area contributed by atoms with E-state index in [9.17, 15) is 31.2 Å². The first-order valence-corrected chi connectivity index (χ1v) is 13.7. The van der Waals surface area contributed by atoms with Crippen LogP contribution in [0.4, 0.5) is 14.4 Å². The molecule has 0 atom stereocenters. The van der Waals surface area contributed by atoms with Gasteiger partial charge in [0.25, 0.3) is 0 Å². The van der Waals surface area contributed by atoms with Crippen LogP contribution in [0.3, 0.4) is 0 Å². The summed E-state index contributed by atoms with van der Waals surface area (Å²) in [6, 6.07) is -0.0693. The quantitative estimate of drug-likeness (QED) is 0.0964. The summed E-state index contributed by atoms with van der Waals surface area (Å²) >= 11 is 0. The molecule has 0 fully saturated rings. The number of amides is 3. The van der Waals surface area contributed by atoms with Crippen molar-refractivity contribution < 1.29 is 54.9 Å². The molecule has 0 bridgehead atoms. The van der Waals surface area contributed by atoms with Crippen LogP contribution in [0.1, 0.15) is 27.7 Å². The number of nitrogens with one attached hydrogen (secondary N) is 5. The average molecular weight is 566 g/mol. The number of carbonyl (C=O) groups excluding carboxylic acids is 3. The molecule has 0 aliphatic carbocycles. The number of alkyl carbamates (subject to hydrolysis) is 1. The summed E-state index contributed by atoms with van der Waals surface area (Å²) in [5, 5.41) is 2.52. The maximum Gasteiger partial charge on any atom is 0.422 e. The fraction of sp³-hybridized carbons (Fsp3) is 0.824. The lowest BCUT2D eigenvalue weighted by molar-refractivity contribution is 0.0744. The average Bonchev–Trinajstić information content (AvgIpc) is 2.70. The molecule has 0 aliphatic heterocycles. The molecule has 0 rings (SSSR count). The van der Waals surface area contributed by atoms with E-state index in [0.717, 1.165) is 0 Å². The van der Waals surface area contributed by atoms with Gasteiger partial charge in [0.1, 0.15) is 13.2 Å². The highest BCUT2D eigenvalue weighted by molar-refractivity contribution is 7.88. The van der Waals surface area contributed by atoms with E-state index in [1.165, 1.54) is 0 Å². The number of ether oxygens (including phenoxy) is 5. The first-order chi connectivity index (χ1) is 16.7. The zero-order valence-corrected chi connectivity index (χ0v) is 22.2. The van der Waals surface area contributed by atoms with Gasteiger partial charge in [-0.15, -0.1) is 0 Å². The zero-order chi connectivity index (χ0) is 27.6. The fourth-order valence-corrected chi connectivity index (χ4v) is 3.32. The van der Waals surface area contributed by atoms with E-state index in [2.05, 4.69) is 19.5 Å². The molecule has 36 heavy (non-hydrogen) atoms. The van der Waals surface area contributed by atoms with Crippen molar-refractivity contribution in [2.75, 3.05) is 52.7 Å². The van der Waals surface area contributed by atoms with Crippen molar-refractivity contribution in [2.45, 2.75) is 39.8 Å². The minimum atomic E-state index is -4.20. The smallest absolute Gasteiger partial charge is 0.422 e. The van der Waals surface area contributed by atoms with Gasteiger partial charge in [-0.25, -0.2) is 23.8 Å². The molecule has 0 aromatic carbocycles. The largest absolute Gasteiger partial charge is 0.447 e. The monoisotopic (exact) mass is 565 g/mol. The Morgan fingerprint density at radius 2 is 1.08 bits per heavy atom. The van der Waals surface area contributed by atoms with Crippen LogP contribution in [0.25, 0.3) is 0 Å². The second-order valence-electron chi connectivity index (χ2n) is 7.25. The molecule has 0 saturated carbocycles. The molecular formula is C17H35N5O12S2. The van der Waals surface area contributed by atoms with Gasteiger partial charge >= 0.3 is 38.7 Å². The molecule has 0 heterocycles. The van der Waals surface area contributed by atoms with E-state index >= 15 is 0 Å². The normalized spacial score (nSPS) is 11.7. The van der Waals surface area contributed by atoms with E-state index in [1.807, 2.05) is 4.72 Å². The minimum Gasteiger partial charge on any atom is -0.447 e. The van der Waals surface area contributed by atoms with E-state index in [4.69, 9.17) is 14.2 Å². The molecule has 0 aromatic heterocycles. The third-order valence-corrected chi connectivity index (χ3v) is 5.22. The number of rotatable bonds is 18.